The zero-order chi connectivity index (χ0) is 15.3. The smallest absolute Gasteiger partial charge is 0.224 e. The maximum absolute atomic E-state index is 11.9. The molecule has 0 unspecified atom stereocenters. The highest BCUT2D eigenvalue weighted by atomic mass is 16.1. The van der Waals surface area contributed by atoms with Gasteiger partial charge in [-0.05, 0) is 30.5 Å². The number of unbranched alkanes of at least 4 members (excludes halogenated alkanes) is 6. The molecular formula is C19H31NO. The lowest BCUT2D eigenvalue weighted by atomic mass is 10.1. The van der Waals surface area contributed by atoms with Gasteiger partial charge in [-0.2, -0.15) is 0 Å². The Morgan fingerprint density at radius 3 is 2.38 bits per heavy atom. The van der Waals surface area contributed by atoms with E-state index in [1.54, 1.807) is 0 Å². The van der Waals surface area contributed by atoms with Crippen LogP contribution in [0, 0.1) is 0 Å². The van der Waals surface area contributed by atoms with E-state index in [1.807, 2.05) is 12.1 Å². The van der Waals surface area contributed by atoms with Crippen LogP contribution in [0.3, 0.4) is 0 Å². The molecular weight excluding hydrogens is 258 g/mol. The molecule has 1 aromatic carbocycles. The van der Waals surface area contributed by atoms with E-state index in [0.717, 1.165) is 24.9 Å². The number of amides is 1. The maximum atomic E-state index is 11.9. The fourth-order valence-corrected chi connectivity index (χ4v) is 2.56. The summed E-state index contributed by atoms with van der Waals surface area (Å²) in [6.45, 7) is 4.41. The van der Waals surface area contributed by atoms with Crippen molar-refractivity contribution in [2.45, 2.75) is 78.1 Å². The number of nitrogens with one attached hydrogen (secondary N) is 1. The van der Waals surface area contributed by atoms with E-state index in [-0.39, 0.29) is 5.91 Å². The van der Waals surface area contributed by atoms with Crippen molar-refractivity contribution in [3.63, 3.8) is 0 Å². The highest BCUT2D eigenvalue weighted by Gasteiger charge is 2.03. The molecule has 0 aliphatic rings. The Morgan fingerprint density at radius 2 is 1.67 bits per heavy atom. The summed E-state index contributed by atoms with van der Waals surface area (Å²) in [6, 6.07) is 8.21. The van der Waals surface area contributed by atoms with Gasteiger partial charge in [0.05, 0.1) is 0 Å². The van der Waals surface area contributed by atoms with E-state index in [9.17, 15) is 4.79 Å². The minimum absolute atomic E-state index is 0.150. The Labute approximate surface area is 130 Å². The first-order valence-corrected chi connectivity index (χ1v) is 8.65. The molecule has 0 atom stereocenters. The van der Waals surface area contributed by atoms with Crippen molar-refractivity contribution in [1.82, 2.24) is 0 Å². The molecule has 0 saturated carbocycles. The second-order valence-corrected chi connectivity index (χ2v) is 5.87. The van der Waals surface area contributed by atoms with Crippen LogP contribution >= 0.6 is 0 Å². The molecule has 0 saturated heterocycles. The largest absolute Gasteiger partial charge is 0.326 e. The van der Waals surface area contributed by atoms with Crippen LogP contribution in [-0.4, -0.2) is 5.91 Å². The van der Waals surface area contributed by atoms with Crippen LogP contribution in [0.15, 0.2) is 24.3 Å². The standard InChI is InChI=1S/C19H31NO/c1-3-5-6-7-8-9-10-15-19(21)20-18-14-11-13-17(16-18)12-4-2/h11,13-14,16H,3-10,12,15H2,1-2H3,(H,20,21). The quantitative estimate of drug-likeness (QED) is 0.519. The number of anilines is 1. The van der Waals surface area contributed by atoms with Crippen LogP contribution in [0.4, 0.5) is 5.69 Å². The first kappa shape index (κ1) is 17.7. The summed E-state index contributed by atoms with van der Waals surface area (Å²) >= 11 is 0. The average molecular weight is 289 g/mol. The fourth-order valence-electron chi connectivity index (χ4n) is 2.56. The van der Waals surface area contributed by atoms with Gasteiger partial charge in [-0.3, -0.25) is 4.79 Å². The molecule has 0 radical (unpaired) electrons. The van der Waals surface area contributed by atoms with Gasteiger partial charge in [0.2, 0.25) is 5.91 Å². The van der Waals surface area contributed by atoms with Crippen molar-refractivity contribution in [1.29, 1.82) is 0 Å². The zero-order valence-electron chi connectivity index (χ0n) is 13.8. The van der Waals surface area contributed by atoms with E-state index in [4.69, 9.17) is 0 Å². The number of carbonyl (C=O) groups is 1. The molecule has 1 rings (SSSR count). The molecule has 2 nitrogen and oxygen atoms in total. The Bertz CT molecular complexity index is 400. The SMILES string of the molecule is CCCCCCCCCC(=O)Nc1cccc(CCC)c1. The van der Waals surface area contributed by atoms with Crippen LogP contribution < -0.4 is 5.32 Å². The summed E-state index contributed by atoms with van der Waals surface area (Å²) < 4.78 is 0. The van der Waals surface area contributed by atoms with Crippen molar-refractivity contribution in [3.05, 3.63) is 29.8 Å². The fraction of sp³-hybridized carbons (Fsp3) is 0.632. The summed E-state index contributed by atoms with van der Waals surface area (Å²) in [7, 11) is 0. The molecule has 0 heterocycles. The van der Waals surface area contributed by atoms with Gasteiger partial charge in [0.15, 0.2) is 0 Å². The molecule has 0 aliphatic heterocycles. The minimum Gasteiger partial charge on any atom is -0.326 e. The van der Waals surface area contributed by atoms with Crippen molar-refractivity contribution in [2.24, 2.45) is 0 Å². The molecule has 0 aliphatic carbocycles. The lowest BCUT2D eigenvalue weighted by Crippen LogP contribution is -2.11. The zero-order valence-corrected chi connectivity index (χ0v) is 13.8. The lowest BCUT2D eigenvalue weighted by Gasteiger charge is -2.07. The molecule has 1 aromatic rings. The maximum Gasteiger partial charge on any atom is 0.224 e. The van der Waals surface area contributed by atoms with Crippen LogP contribution in [0.25, 0.3) is 0 Å². The normalized spacial score (nSPS) is 10.6. The Kier molecular flexibility index (Phi) is 9.60. The van der Waals surface area contributed by atoms with Gasteiger partial charge >= 0.3 is 0 Å². The van der Waals surface area contributed by atoms with E-state index < -0.39 is 0 Å². The van der Waals surface area contributed by atoms with Gasteiger partial charge in [-0.15, -0.1) is 0 Å². The summed E-state index contributed by atoms with van der Waals surface area (Å²) in [5, 5.41) is 3.01. The molecule has 118 valence electrons. The third-order valence-corrected chi connectivity index (χ3v) is 3.76. The van der Waals surface area contributed by atoms with Crippen LogP contribution in [-0.2, 0) is 11.2 Å². The Balaban J connectivity index is 2.17. The van der Waals surface area contributed by atoms with Crippen molar-refractivity contribution < 1.29 is 4.79 Å². The average Bonchev–Trinajstić information content (AvgIpc) is 2.47. The number of aryl methyl sites for hydroxylation is 1. The molecule has 0 spiro atoms. The van der Waals surface area contributed by atoms with Gasteiger partial charge in [-0.1, -0.05) is 70.9 Å². The van der Waals surface area contributed by atoms with E-state index in [1.165, 1.54) is 44.1 Å². The monoisotopic (exact) mass is 289 g/mol. The number of hydrogen-bond donors (Lipinski definition) is 1. The van der Waals surface area contributed by atoms with E-state index in [2.05, 4.69) is 31.3 Å². The third-order valence-electron chi connectivity index (χ3n) is 3.76. The minimum atomic E-state index is 0.150. The molecule has 2 heteroatoms. The van der Waals surface area contributed by atoms with Crippen molar-refractivity contribution >= 4 is 11.6 Å². The Hall–Kier alpha value is -1.31. The first-order valence-electron chi connectivity index (χ1n) is 8.65. The second-order valence-electron chi connectivity index (χ2n) is 5.87. The Morgan fingerprint density at radius 1 is 0.952 bits per heavy atom. The van der Waals surface area contributed by atoms with Crippen LogP contribution in [0.1, 0.15) is 77.2 Å². The highest BCUT2D eigenvalue weighted by molar-refractivity contribution is 5.90. The summed E-state index contributed by atoms with van der Waals surface area (Å²) in [5.41, 5.74) is 2.24. The molecule has 1 N–H and O–H groups in total. The highest BCUT2D eigenvalue weighted by Crippen LogP contribution is 2.14. The van der Waals surface area contributed by atoms with Gasteiger partial charge in [0.25, 0.3) is 0 Å². The number of hydrogen-bond acceptors (Lipinski definition) is 1. The predicted molar refractivity (Wildman–Crippen MR) is 91.7 cm³/mol. The van der Waals surface area contributed by atoms with Crippen molar-refractivity contribution in [2.75, 3.05) is 5.32 Å². The number of carbonyl (C=O) groups excluding carboxylic acids is 1. The number of rotatable bonds is 11. The van der Waals surface area contributed by atoms with E-state index in [0.29, 0.717) is 6.42 Å². The van der Waals surface area contributed by atoms with Gasteiger partial charge in [0, 0.05) is 12.1 Å². The third kappa shape index (κ3) is 8.54. The van der Waals surface area contributed by atoms with Crippen LogP contribution in [0.2, 0.25) is 0 Å². The molecule has 1 amide bonds. The lowest BCUT2D eigenvalue weighted by molar-refractivity contribution is -0.116. The topological polar surface area (TPSA) is 29.1 Å². The molecule has 0 bridgehead atoms. The van der Waals surface area contributed by atoms with Crippen LogP contribution in [0.5, 0.6) is 0 Å². The second kappa shape index (κ2) is 11.4. The summed E-state index contributed by atoms with van der Waals surface area (Å²) in [5.74, 6) is 0.150. The predicted octanol–water partition coefficient (Wildman–Crippen LogP) is 5.72. The van der Waals surface area contributed by atoms with Gasteiger partial charge < -0.3 is 5.32 Å². The molecule has 21 heavy (non-hydrogen) atoms. The first-order chi connectivity index (χ1) is 10.3. The van der Waals surface area contributed by atoms with E-state index >= 15 is 0 Å². The summed E-state index contributed by atoms with van der Waals surface area (Å²) in [6.07, 6.45) is 11.6. The number of benzene rings is 1. The molecule has 0 fully saturated rings. The summed E-state index contributed by atoms with van der Waals surface area (Å²) in [4.78, 5) is 11.9. The van der Waals surface area contributed by atoms with Gasteiger partial charge in [-0.25, -0.2) is 0 Å². The van der Waals surface area contributed by atoms with Crippen molar-refractivity contribution in [3.8, 4) is 0 Å². The van der Waals surface area contributed by atoms with Gasteiger partial charge in [0.1, 0.15) is 0 Å². The molecule has 0 aromatic heterocycles.